The van der Waals surface area contributed by atoms with Gasteiger partial charge in [-0.1, -0.05) is 18.2 Å². The van der Waals surface area contributed by atoms with Gasteiger partial charge < -0.3 is 20.4 Å². The minimum absolute atomic E-state index is 0.0453. The van der Waals surface area contributed by atoms with Crippen LogP contribution in [0.25, 0.3) is 0 Å². The first-order valence-electron chi connectivity index (χ1n) is 8.03. The highest BCUT2D eigenvalue weighted by Gasteiger charge is 2.38. The van der Waals surface area contributed by atoms with Gasteiger partial charge in [-0.3, -0.25) is 9.59 Å². The van der Waals surface area contributed by atoms with Crippen molar-refractivity contribution in [3.63, 3.8) is 0 Å². The highest BCUT2D eigenvalue weighted by Crippen LogP contribution is 2.28. The van der Waals surface area contributed by atoms with Crippen molar-refractivity contribution in [3.05, 3.63) is 30.3 Å². The third-order valence-electron chi connectivity index (χ3n) is 4.80. The van der Waals surface area contributed by atoms with Gasteiger partial charge in [0.05, 0.1) is 12.0 Å². The van der Waals surface area contributed by atoms with Crippen LogP contribution in [0.2, 0.25) is 0 Å². The molecule has 0 bridgehead atoms. The lowest BCUT2D eigenvalue weighted by Gasteiger charge is -2.18. The molecule has 1 aliphatic carbocycles. The summed E-state index contributed by atoms with van der Waals surface area (Å²) in [5.74, 6) is -0.733. The maximum Gasteiger partial charge on any atom is 0.227 e. The lowest BCUT2D eigenvalue weighted by Crippen LogP contribution is -2.39. The molecule has 1 heterocycles. The number of hydrogen-bond donors (Lipinski definition) is 3. The Hall–Kier alpha value is -1.92. The molecule has 4 atom stereocenters. The molecule has 124 valence electrons. The fraction of sp³-hybridized carbons (Fsp3) is 0.529. The van der Waals surface area contributed by atoms with Crippen LogP contribution in [0, 0.1) is 11.8 Å². The van der Waals surface area contributed by atoms with Crippen molar-refractivity contribution in [1.29, 1.82) is 0 Å². The molecule has 6 nitrogen and oxygen atoms in total. The van der Waals surface area contributed by atoms with E-state index in [0.29, 0.717) is 19.4 Å². The monoisotopic (exact) mass is 318 g/mol. The standard InChI is InChI=1S/C17H22N2O4/c20-10-12-6-13(8-15(12)21)18-17(23)11-7-16(22)19(9-11)14-4-2-1-3-5-14/h1-5,11-13,15,20-21H,6-10H2,(H,18,23)/t11-,12+,13+,15+/m1/s1. The van der Waals surface area contributed by atoms with Crippen molar-refractivity contribution < 1.29 is 19.8 Å². The molecular weight excluding hydrogens is 296 g/mol. The number of para-hydroxylation sites is 1. The van der Waals surface area contributed by atoms with Crippen LogP contribution in [0.15, 0.2) is 30.3 Å². The number of benzene rings is 1. The number of aliphatic hydroxyl groups excluding tert-OH is 2. The number of carbonyl (C=O) groups excluding carboxylic acids is 2. The molecular formula is C17H22N2O4. The second-order valence-corrected chi connectivity index (χ2v) is 6.43. The average molecular weight is 318 g/mol. The third-order valence-corrected chi connectivity index (χ3v) is 4.80. The van der Waals surface area contributed by atoms with Gasteiger partial charge in [0, 0.05) is 37.2 Å². The van der Waals surface area contributed by atoms with Gasteiger partial charge in [0.2, 0.25) is 11.8 Å². The van der Waals surface area contributed by atoms with E-state index in [1.54, 1.807) is 4.90 Å². The fourth-order valence-electron chi connectivity index (χ4n) is 3.48. The topological polar surface area (TPSA) is 89.9 Å². The van der Waals surface area contributed by atoms with Crippen molar-refractivity contribution >= 4 is 17.5 Å². The summed E-state index contributed by atoms with van der Waals surface area (Å²) in [7, 11) is 0. The zero-order chi connectivity index (χ0) is 16.4. The second-order valence-electron chi connectivity index (χ2n) is 6.43. The average Bonchev–Trinajstić information content (AvgIpc) is 3.11. The van der Waals surface area contributed by atoms with Crippen molar-refractivity contribution in [2.24, 2.45) is 11.8 Å². The molecule has 3 N–H and O–H groups in total. The van der Waals surface area contributed by atoms with Crippen molar-refractivity contribution in [2.45, 2.75) is 31.4 Å². The van der Waals surface area contributed by atoms with Crippen LogP contribution < -0.4 is 10.2 Å². The Morgan fingerprint density at radius 2 is 2.00 bits per heavy atom. The van der Waals surface area contributed by atoms with Gasteiger partial charge in [0.25, 0.3) is 0 Å². The van der Waals surface area contributed by atoms with E-state index in [0.717, 1.165) is 5.69 Å². The minimum atomic E-state index is -0.573. The summed E-state index contributed by atoms with van der Waals surface area (Å²) < 4.78 is 0. The van der Waals surface area contributed by atoms with Crippen LogP contribution in [0.5, 0.6) is 0 Å². The van der Waals surface area contributed by atoms with Crippen LogP contribution in [0.4, 0.5) is 5.69 Å². The predicted molar refractivity (Wildman–Crippen MR) is 84.6 cm³/mol. The highest BCUT2D eigenvalue weighted by molar-refractivity contribution is 6.00. The van der Waals surface area contributed by atoms with Gasteiger partial charge >= 0.3 is 0 Å². The summed E-state index contributed by atoms with van der Waals surface area (Å²) in [5, 5.41) is 21.9. The molecule has 1 aromatic carbocycles. The number of nitrogens with one attached hydrogen (secondary N) is 1. The fourth-order valence-corrected chi connectivity index (χ4v) is 3.48. The number of nitrogens with zero attached hydrogens (tertiary/aromatic N) is 1. The molecule has 1 aromatic rings. The second kappa shape index (κ2) is 6.68. The number of carbonyl (C=O) groups is 2. The molecule has 23 heavy (non-hydrogen) atoms. The van der Waals surface area contributed by atoms with E-state index in [2.05, 4.69) is 5.32 Å². The van der Waals surface area contributed by atoms with Gasteiger partial charge in [-0.05, 0) is 25.0 Å². The number of aliphatic hydroxyl groups is 2. The Labute approximate surface area is 135 Å². The first-order chi connectivity index (χ1) is 11.1. The number of amides is 2. The van der Waals surface area contributed by atoms with Crippen LogP contribution in [0.3, 0.4) is 0 Å². The largest absolute Gasteiger partial charge is 0.396 e. The Morgan fingerprint density at radius 1 is 1.26 bits per heavy atom. The number of hydrogen-bond acceptors (Lipinski definition) is 4. The van der Waals surface area contributed by atoms with Crippen LogP contribution in [-0.2, 0) is 9.59 Å². The normalized spacial score (nSPS) is 30.7. The van der Waals surface area contributed by atoms with Crippen molar-refractivity contribution in [2.75, 3.05) is 18.1 Å². The Kier molecular flexibility index (Phi) is 4.63. The number of anilines is 1. The molecule has 3 rings (SSSR count). The molecule has 0 radical (unpaired) electrons. The summed E-state index contributed by atoms with van der Waals surface area (Å²) in [6.07, 6.45) is 0.669. The van der Waals surface area contributed by atoms with Crippen molar-refractivity contribution in [1.82, 2.24) is 5.32 Å². The molecule has 0 aromatic heterocycles. The minimum Gasteiger partial charge on any atom is -0.396 e. The zero-order valence-electron chi connectivity index (χ0n) is 12.9. The Bertz CT molecular complexity index is 577. The molecule has 2 fully saturated rings. The molecule has 0 spiro atoms. The van der Waals surface area contributed by atoms with E-state index in [9.17, 15) is 19.8 Å². The third kappa shape index (κ3) is 3.38. The smallest absolute Gasteiger partial charge is 0.227 e. The zero-order valence-corrected chi connectivity index (χ0v) is 12.9. The van der Waals surface area contributed by atoms with E-state index in [1.165, 1.54) is 0 Å². The van der Waals surface area contributed by atoms with Crippen molar-refractivity contribution in [3.8, 4) is 0 Å². The van der Waals surface area contributed by atoms with Crippen LogP contribution in [-0.4, -0.2) is 47.3 Å². The van der Waals surface area contributed by atoms with Crippen LogP contribution in [0.1, 0.15) is 19.3 Å². The molecule has 1 saturated heterocycles. The highest BCUT2D eigenvalue weighted by atomic mass is 16.3. The summed E-state index contributed by atoms with van der Waals surface area (Å²) in [4.78, 5) is 26.2. The van der Waals surface area contributed by atoms with Gasteiger partial charge in [0.15, 0.2) is 0 Å². The molecule has 2 amide bonds. The first-order valence-corrected chi connectivity index (χ1v) is 8.03. The van der Waals surface area contributed by atoms with Crippen LogP contribution >= 0.6 is 0 Å². The molecule has 0 unspecified atom stereocenters. The summed E-state index contributed by atoms with van der Waals surface area (Å²) in [6.45, 7) is 0.310. The van der Waals surface area contributed by atoms with Gasteiger partial charge in [0.1, 0.15) is 0 Å². The van der Waals surface area contributed by atoms with Gasteiger partial charge in [-0.25, -0.2) is 0 Å². The van der Waals surface area contributed by atoms with E-state index < -0.39 is 6.10 Å². The van der Waals surface area contributed by atoms with Gasteiger partial charge in [-0.15, -0.1) is 0 Å². The SMILES string of the molecule is O=C(N[C@H]1C[C@@H](CO)[C@@H](O)C1)[C@@H]1CC(=O)N(c2ccccc2)C1. The van der Waals surface area contributed by atoms with Gasteiger partial charge in [-0.2, -0.15) is 0 Å². The van der Waals surface area contributed by atoms with E-state index in [4.69, 9.17) is 0 Å². The number of rotatable bonds is 4. The van der Waals surface area contributed by atoms with E-state index >= 15 is 0 Å². The maximum atomic E-state index is 12.4. The summed E-state index contributed by atoms with van der Waals surface area (Å²) >= 11 is 0. The quantitative estimate of drug-likeness (QED) is 0.744. The lowest BCUT2D eigenvalue weighted by atomic mass is 10.1. The first kappa shape index (κ1) is 16.0. The maximum absolute atomic E-state index is 12.4. The summed E-state index contributed by atoms with van der Waals surface area (Å²) in [6, 6.07) is 9.21. The molecule has 2 aliphatic rings. The predicted octanol–water partition coefficient (Wildman–Crippen LogP) is 0.287. The van der Waals surface area contributed by atoms with E-state index in [-0.39, 0.29) is 42.7 Å². The summed E-state index contributed by atoms with van der Waals surface area (Å²) in [5.41, 5.74) is 0.810. The van der Waals surface area contributed by atoms with E-state index in [1.807, 2.05) is 30.3 Å². The Balaban J connectivity index is 1.58. The lowest BCUT2D eigenvalue weighted by molar-refractivity contribution is -0.126. The molecule has 1 saturated carbocycles. The Morgan fingerprint density at radius 3 is 2.65 bits per heavy atom. The molecule has 1 aliphatic heterocycles. The molecule has 6 heteroatoms.